The van der Waals surface area contributed by atoms with E-state index in [1.165, 1.54) is 12.3 Å². The molecular weight excluding hydrogens is 333 g/mol. The number of nitrogens with one attached hydrogen (secondary N) is 2. The number of halogens is 1. The molecule has 0 aliphatic rings. The van der Waals surface area contributed by atoms with E-state index in [1.807, 2.05) is 38.1 Å². The Kier molecular flexibility index (Phi) is 5.58. The number of ether oxygens (including phenoxy) is 1. The van der Waals surface area contributed by atoms with Crippen LogP contribution in [0.15, 0.2) is 54.7 Å². The number of nitrogens with zero attached hydrogens (tertiary/aromatic N) is 3. The molecule has 0 aliphatic heterocycles. The van der Waals surface area contributed by atoms with E-state index >= 15 is 0 Å². The van der Waals surface area contributed by atoms with Crippen molar-refractivity contribution >= 4 is 17.5 Å². The number of hydrogen-bond donors (Lipinski definition) is 2. The maximum atomic E-state index is 13.7. The molecule has 3 rings (SSSR count). The Bertz CT molecular complexity index is 855. The lowest BCUT2D eigenvalue weighted by Gasteiger charge is -2.11. The second-order valence-corrected chi connectivity index (χ2v) is 5.93. The quantitative estimate of drug-likeness (QED) is 0.665. The first-order chi connectivity index (χ1) is 12.6. The molecule has 0 spiro atoms. The average molecular weight is 353 g/mol. The number of anilines is 3. The van der Waals surface area contributed by atoms with Gasteiger partial charge < -0.3 is 15.4 Å². The number of hydrogen-bond acceptors (Lipinski definition) is 6. The van der Waals surface area contributed by atoms with Gasteiger partial charge in [-0.3, -0.25) is 0 Å². The van der Waals surface area contributed by atoms with Crippen LogP contribution in [-0.4, -0.2) is 21.3 Å². The summed E-state index contributed by atoms with van der Waals surface area (Å²) in [5, 5.41) is 14.0. The summed E-state index contributed by atoms with van der Waals surface area (Å²) in [5.41, 5.74) is 1.39. The van der Waals surface area contributed by atoms with Crippen molar-refractivity contribution in [2.45, 2.75) is 26.5 Å². The smallest absolute Gasteiger partial charge is 0.244 e. The van der Waals surface area contributed by atoms with Gasteiger partial charge in [0.25, 0.3) is 0 Å². The van der Waals surface area contributed by atoms with Crippen molar-refractivity contribution in [3.8, 4) is 5.75 Å². The van der Waals surface area contributed by atoms with Gasteiger partial charge in [0.2, 0.25) is 5.95 Å². The predicted octanol–water partition coefficient (Wildman–Crippen LogP) is 4.15. The van der Waals surface area contributed by atoms with Gasteiger partial charge >= 0.3 is 0 Å². The molecule has 0 saturated carbocycles. The lowest BCUT2D eigenvalue weighted by atomic mass is 10.2. The van der Waals surface area contributed by atoms with Crippen LogP contribution in [0.25, 0.3) is 0 Å². The van der Waals surface area contributed by atoms with E-state index in [0.717, 1.165) is 11.4 Å². The van der Waals surface area contributed by atoms with E-state index in [1.54, 1.807) is 18.2 Å². The highest BCUT2D eigenvalue weighted by Crippen LogP contribution is 2.20. The fourth-order valence-corrected chi connectivity index (χ4v) is 2.29. The highest BCUT2D eigenvalue weighted by Gasteiger charge is 2.05. The van der Waals surface area contributed by atoms with Crippen molar-refractivity contribution in [3.63, 3.8) is 0 Å². The molecule has 0 amide bonds. The standard InChI is InChI=1S/C19H20FN5O/c1-13(2)26-16-9-7-15(8-10-16)23-18-12-22-25-19(24-18)21-11-14-5-3-4-6-17(14)20/h3-10,12-13H,11H2,1-2H3,(H2,21,23,24,25). The molecule has 0 saturated heterocycles. The van der Waals surface area contributed by atoms with Gasteiger partial charge in [-0.25, -0.2) is 4.39 Å². The fourth-order valence-electron chi connectivity index (χ4n) is 2.29. The van der Waals surface area contributed by atoms with Crippen LogP contribution in [-0.2, 0) is 6.54 Å². The minimum atomic E-state index is -0.272. The predicted molar refractivity (Wildman–Crippen MR) is 99.0 cm³/mol. The molecule has 7 heteroatoms. The highest BCUT2D eigenvalue weighted by molar-refractivity contribution is 5.57. The normalized spacial score (nSPS) is 10.6. The van der Waals surface area contributed by atoms with E-state index in [4.69, 9.17) is 4.74 Å². The number of benzene rings is 2. The van der Waals surface area contributed by atoms with Gasteiger partial charge in [-0.1, -0.05) is 18.2 Å². The van der Waals surface area contributed by atoms with Crippen LogP contribution < -0.4 is 15.4 Å². The third-order valence-electron chi connectivity index (χ3n) is 3.45. The Balaban J connectivity index is 1.63. The molecule has 0 bridgehead atoms. The summed E-state index contributed by atoms with van der Waals surface area (Å²) >= 11 is 0. The topological polar surface area (TPSA) is 72.0 Å². The summed E-state index contributed by atoms with van der Waals surface area (Å²) < 4.78 is 19.3. The Morgan fingerprint density at radius 3 is 2.58 bits per heavy atom. The fraction of sp³-hybridized carbons (Fsp3) is 0.211. The van der Waals surface area contributed by atoms with Crippen LogP contribution in [0.1, 0.15) is 19.4 Å². The molecule has 0 fully saturated rings. The van der Waals surface area contributed by atoms with Gasteiger partial charge in [0.1, 0.15) is 11.6 Å². The first-order valence-electron chi connectivity index (χ1n) is 8.31. The van der Waals surface area contributed by atoms with Crippen molar-refractivity contribution < 1.29 is 9.13 Å². The first kappa shape index (κ1) is 17.6. The minimum Gasteiger partial charge on any atom is -0.491 e. The maximum absolute atomic E-state index is 13.7. The molecule has 2 aromatic carbocycles. The summed E-state index contributed by atoms with van der Waals surface area (Å²) in [7, 11) is 0. The molecule has 0 radical (unpaired) electrons. The average Bonchev–Trinajstić information content (AvgIpc) is 2.63. The van der Waals surface area contributed by atoms with E-state index in [-0.39, 0.29) is 18.5 Å². The molecule has 3 aromatic rings. The Morgan fingerprint density at radius 2 is 1.85 bits per heavy atom. The summed E-state index contributed by atoms with van der Waals surface area (Å²) in [6.07, 6.45) is 1.65. The van der Waals surface area contributed by atoms with Crippen molar-refractivity contribution in [1.29, 1.82) is 0 Å². The van der Waals surface area contributed by atoms with Gasteiger partial charge in [-0.15, -0.1) is 5.10 Å². The maximum Gasteiger partial charge on any atom is 0.244 e. The highest BCUT2D eigenvalue weighted by atomic mass is 19.1. The number of aromatic nitrogens is 3. The van der Waals surface area contributed by atoms with Crippen molar-refractivity contribution in [2.24, 2.45) is 0 Å². The molecular formula is C19H20FN5O. The molecule has 0 atom stereocenters. The van der Waals surface area contributed by atoms with Gasteiger partial charge in [0, 0.05) is 17.8 Å². The van der Waals surface area contributed by atoms with E-state index < -0.39 is 0 Å². The third-order valence-corrected chi connectivity index (χ3v) is 3.45. The molecule has 1 aromatic heterocycles. The summed E-state index contributed by atoms with van der Waals surface area (Å²) in [6, 6.07) is 14.1. The monoisotopic (exact) mass is 353 g/mol. The van der Waals surface area contributed by atoms with E-state index in [9.17, 15) is 4.39 Å². The Labute approximate surface area is 151 Å². The molecule has 0 unspecified atom stereocenters. The molecule has 0 aliphatic carbocycles. The lowest BCUT2D eigenvalue weighted by Crippen LogP contribution is -2.07. The van der Waals surface area contributed by atoms with Crippen LogP contribution in [0.5, 0.6) is 5.75 Å². The Morgan fingerprint density at radius 1 is 1.08 bits per heavy atom. The zero-order chi connectivity index (χ0) is 18.4. The van der Waals surface area contributed by atoms with E-state index in [2.05, 4.69) is 25.8 Å². The summed E-state index contributed by atoms with van der Waals surface area (Å²) in [4.78, 5) is 4.33. The van der Waals surface area contributed by atoms with Gasteiger partial charge in [0.05, 0.1) is 12.3 Å². The number of rotatable bonds is 7. The van der Waals surface area contributed by atoms with Gasteiger partial charge in [-0.05, 0) is 44.2 Å². The summed E-state index contributed by atoms with van der Waals surface area (Å²) in [6.45, 7) is 4.24. The van der Waals surface area contributed by atoms with Crippen molar-refractivity contribution in [2.75, 3.05) is 10.6 Å². The first-order valence-corrected chi connectivity index (χ1v) is 8.31. The van der Waals surface area contributed by atoms with Gasteiger partial charge in [-0.2, -0.15) is 10.1 Å². The molecule has 6 nitrogen and oxygen atoms in total. The van der Waals surface area contributed by atoms with Crippen molar-refractivity contribution in [3.05, 3.63) is 66.1 Å². The van der Waals surface area contributed by atoms with Crippen LogP contribution in [0.2, 0.25) is 0 Å². The second-order valence-electron chi connectivity index (χ2n) is 5.93. The Hall–Kier alpha value is -3.22. The lowest BCUT2D eigenvalue weighted by molar-refractivity contribution is 0.242. The molecule has 26 heavy (non-hydrogen) atoms. The largest absolute Gasteiger partial charge is 0.491 e. The SMILES string of the molecule is CC(C)Oc1ccc(Nc2cnnc(NCc3ccccc3F)n2)cc1. The molecule has 1 heterocycles. The van der Waals surface area contributed by atoms with Crippen molar-refractivity contribution in [1.82, 2.24) is 15.2 Å². The molecule has 134 valence electrons. The van der Waals surface area contributed by atoms with Crippen LogP contribution >= 0.6 is 0 Å². The minimum absolute atomic E-state index is 0.128. The second kappa shape index (κ2) is 8.24. The summed E-state index contributed by atoms with van der Waals surface area (Å²) in [5.74, 6) is 1.39. The van der Waals surface area contributed by atoms with E-state index in [0.29, 0.717) is 17.3 Å². The zero-order valence-electron chi connectivity index (χ0n) is 14.6. The van der Waals surface area contributed by atoms with Crippen LogP contribution in [0.3, 0.4) is 0 Å². The third kappa shape index (κ3) is 4.89. The zero-order valence-corrected chi connectivity index (χ0v) is 14.6. The van der Waals surface area contributed by atoms with Gasteiger partial charge in [0.15, 0.2) is 5.82 Å². The van der Waals surface area contributed by atoms with Crippen LogP contribution in [0.4, 0.5) is 21.8 Å². The molecule has 2 N–H and O–H groups in total. The van der Waals surface area contributed by atoms with Crippen LogP contribution in [0, 0.1) is 5.82 Å².